The molecule has 102 valence electrons. The topological polar surface area (TPSA) is 79.5 Å². The highest BCUT2D eigenvalue weighted by atomic mass is 16.2. The molecular weight excluding hydrogens is 244 g/mol. The molecule has 1 aliphatic heterocycles. The first-order chi connectivity index (χ1) is 8.84. The van der Waals surface area contributed by atoms with Crippen LogP contribution in [0.5, 0.6) is 0 Å². The molecule has 19 heavy (non-hydrogen) atoms. The van der Waals surface area contributed by atoms with E-state index in [0.717, 1.165) is 0 Å². The average Bonchev–Trinajstić information content (AvgIpc) is 2.36. The van der Waals surface area contributed by atoms with Crippen LogP contribution in [0.4, 0.5) is 5.69 Å². The van der Waals surface area contributed by atoms with E-state index >= 15 is 0 Å². The quantitative estimate of drug-likeness (QED) is 0.792. The Morgan fingerprint density at radius 3 is 2.63 bits per heavy atom. The van der Waals surface area contributed by atoms with Gasteiger partial charge in [-0.2, -0.15) is 0 Å². The summed E-state index contributed by atoms with van der Waals surface area (Å²) in [4.78, 5) is 31.8. The minimum Gasteiger partial charge on any atom is -0.397 e. The third-order valence-corrected chi connectivity index (χ3v) is 3.45. The molecule has 0 spiro atoms. The third kappa shape index (κ3) is 2.25. The molecule has 2 heterocycles. The second kappa shape index (κ2) is 4.53. The van der Waals surface area contributed by atoms with Crippen LogP contribution < -0.4 is 5.73 Å². The Morgan fingerprint density at radius 2 is 2.05 bits per heavy atom. The van der Waals surface area contributed by atoms with Gasteiger partial charge in [-0.3, -0.25) is 9.59 Å². The number of rotatable bonds is 1. The molecule has 1 aromatic heterocycles. The molecule has 2 N–H and O–H groups in total. The fraction of sp³-hybridized carbons (Fsp3) is 0.462. The van der Waals surface area contributed by atoms with Gasteiger partial charge in [-0.05, 0) is 26.0 Å². The van der Waals surface area contributed by atoms with Crippen molar-refractivity contribution in [3.63, 3.8) is 0 Å². The molecule has 6 heteroatoms. The number of pyridine rings is 1. The maximum Gasteiger partial charge on any atom is 0.273 e. The molecule has 1 aromatic rings. The number of nitrogens with two attached hydrogens (primary N) is 1. The molecule has 1 saturated heterocycles. The van der Waals surface area contributed by atoms with Gasteiger partial charge in [-0.25, -0.2) is 4.98 Å². The van der Waals surface area contributed by atoms with Gasteiger partial charge in [-0.1, -0.05) is 0 Å². The molecule has 0 atom stereocenters. The zero-order valence-electron chi connectivity index (χ0n) is 11.4. The number of likely N-dealkylation sites (N-methyl/N-ethyl adjacent to an activating group) is 1. The van der Waals surface area contributed by atoms with Crippen molar-refractivity contribution in [3.05, 3.63) is 24.0 Å². The van der Waals surface area contributed by atoms with Gasteiger partial charge in [-0.15, -0.1) is 0 Å². The van der Waals surface area contributed by atoms with Crippen LogP contribution in [0.1, 0.15) is 24.3 Å². The van der Waals surface area contributed by atoms with Gasteiger partial charge in [0, 0.05) is 20.1 Å². The van der Waals surface area contributed by atoms with Crippen molar-refractivity contribution >= 4 is 17.5 Å². The summed E-state index contributed by atoms with van der Waals surface area (Å²) in [5.74, 6) is -0.311. The van der Waals surface area contributed by atoms with Gasteiger partial charge in [0.25, 0.3) is 5.91 Å². The molecule has 2 amide bonds. The van der Waals surface area contributed by atoms with Gasteiger partial charge in [0.2, 0.25) is 5.91 Å². The van der Waals surface area contributed by atoms with E-state index in [4.69, 9.17) is 5.73 Å². The zero-order valence-corrected chi connectivity index (χ0v) is 11.4. The number of nitrogen functional groups attached to an aromatic ring is 1. The van der Waals surface area contributed by atoms with Crippen molar-refractivity contribution in [1.29, 1.82) is 0 Å². The van der Waals surface area contributed by atoms with E-state index in [1.807, 2.05) is 0 Å². The summed E-state index contributed by atoms with van der Waals surface area (Å²) in [6.45, 7) is 4.53. The predicted octanol–water partition coefficient (Wildman–Crippen LogP) is 0.357. The molecule has 2 rings (SSSR count). The number of nitrogens with zero attached hydrogens (tertiary/aromatic N) is 3. The van der Waals surface area contributed by atoms with E-state index in [9.17, 15) is 9.59 Å². The predicted molar refractivity (Wildman–Crippen MR) is 71.4 cm³/mol. The van der Waals surface area contributed by atoms with Gasteiger partial charge in [0.15, 0.2) is 0 Å². The summed E-state index contributed by atoms with van der Waals surface area (Å²) >= 11 is 0. The van der Waals surface area contributed by atoms with Gasteiger partial charge >= 0.3 is 0 Å². The highest BCUT2D eigenvalue weighted by Gasteiger charge is 2.43. The number of piperazine rings is 1. The lowest BCUT2D eigenvalue weighted by atomic mass is 9.97. The van der Waals surface area contributed by atoms with Crippen LogP contribution in [0.2, 0.25) is 0 Å². The maximum absolute atomic E-state index is 12.4. The van der Waals surface area contributed by atoms with E-state index in [1.54, 1.807) is 42.8 Å². The second-order valence-electron chi connectivity index (χ2n) is 5.22. The number of hydrogen-bond donors (Lipinski definition) is 1. The number of aromatic nitrogens is 1. The number of carbonyl (C=O) groups excluding carboxylic acids is 2. The van der Waals surface area contributed by atoms with Gasteiger partial charge in [0.05, 0.1) is 11.9 Å². The normalized spacial score (nSPS) is 18.6. The fourth-order valence-corrected chi connectivity index (χ4v) is 2.24. The minimum atomic E-state index is -0.854. The van der Waals surface area contributed by atoms with Crippen LogP contribution in [-0.2, 0) is 4.79 Å². The zero-order chi connectivity index (χ0) is 14.2. The number of anilines is 1. The third-order valence-electron chi connectivity index (χ3n) is 3.45. The molecule has 0 aliphatic carbocycles. The van der Waals surface area contributed by atoms with Gasteiger partial charge in [0.1, 0.15) is 11.2 Å². The Hall–Kier alpha value is -2.11. The maximum atomic E-state index is 12.4. The lowest BCUT2D eigenvalue weighted by Gasteiger charge is -2.44. The number of amides is 2. The lowest BCUT2D eigenvalue weighted by molar-refractivity contribution is -0.144. The van der Waals surface area contributed by atoms with E-state index in [-0.39, 0.29) is 11.8 Å². The van der Waals surface area contributed by atoms with Crippen molar-refractivity contribution < 1.29 is 9.59 Å². The SMILES string of the molecule is CN1CCN(C(=O)c2ccc(N)cn2)C(C)(C)C1=O. The molecule has 0 unspecified atom stereocenters. The molecule has 0 radical (unpaired) electrons. The molecular formula is C13H18N4O2. The average molecular weight is 262 g/mol. The Bertz CT molecular complexity index is 510. The number of carbonyl (C=O) groups is 2. The van der Waals surface area contributed by atoms with E-state index in [2.05, 4.69) is 4.98 Å². The fourth-order valence-electron chi connectivity index (χ4n) is 2.24. The van der Waals surface area contributed by atoms with Crippen molar-refractivity contribution in [1.82, 2.24) is 14.8 Å². The minimum absolute atomic E-state index is 0.0671. The molecule has 0 saturated carbocycles. The Kier molecular flexibility index (Phi) is 3.18. The first kappa shape index (κ1) is 13.3. The second-order valence-corrected chi connectivity index (χ2v) is 5.22. The van der Waals surface area contributed by atoms with Crippen LogP contribution in [0.15, 0.2) is 18.3 Å². The first-order valence-electron chi connectivity index (χ1n) is 6.13. The Balaban J connectivity index is 2.28. The summed E-state index contributed by atoms with van der Waals surface area (Å²) < 4.78 is 0. The van der Waals surface area contributed by atoms with E-state index < -0.39 is 5.54 Å². The van der Waals surface area contributed by atoms with Gasteiger partial charge < -0.3 is 15.5 Å². The Labute approximate surface area is 112 Å². The monoisotopic (exact) mass is 262 g/mol. The highest BCUT2D eigenvalue weighted by Crippen LogP contribution is 2.23. The summed E-state index contributed by atoms with van der Waals surface area (Å²) in [6.07, 6.45) is 1.44. The van der Waals surface area contributed by atoms with E-state index in [1.165, 1.54) is 6.20 Å². The van der Waals surface area contributed by atoms with Crippen LogP contribution in [0, 0.1) is 0 Å². The summed E-state index contributed by atoms with van der Waals surface area (Å²) in [5, 5.41) is 0. The Morgan fingerprint density at radius 1 is 1.37 bits per heavy atom. The summed E-state index contributed by atoms with van der Waals surface area (Å²) in [6, 6.07) is 3.21. The highest BCUT2D eigenvalue weighted by molar-refractivity contribution is 5.98. The van der Waals surface area contributed by atoms with Crippen LogP contribution in [0.3, 0.4) is 0 Å². The summed E-state index contributed by atoms with van der Waals surface area (Å²) in [7, 11) is 1.74. The van der Waals surface area contributed by atoms with Crippen molar-refractivity contribution in [2.45, 2.75) is 19.4 Å². The molecule has 0 bridgehead atoms. The van der Waals surface area contributed by atoms with Crippen LogP contribution in [0.25, 0.3) is 0 Å². The van der Waals surface area contributed by atoms with Crippen LogP contribution >= 0.6 is 0 Å². The molecule has 1 fully saturated rings. The molecule has 6 nitrogen and oxygen atoms in total. The largest absolute Gasteiger partial charge is 0.397 e. The van der Waals surface area contributed by atoms with Crippen molar-refractivity contribution in [2.75, 3.05) is 25.9 Å². The smallest absolute Gasteiger partial charge is 0.273 e. The lowest BCUT2D eigenvalue weighted by Crippen LogP contribution is -2.63. The number of hydrogen-bond acceptors (Lipinski definition) is 4. The van der Waals surface area contributed by atoms with Crippen molar-refractivity contribution in [2.24, 2.45) is 0 Å². The summed E-state index contributed by atoms with van der Waals surface area (Å²) in [5.41, 5.74) is 5.51. The van der Waals surface area contributed by atoms with Crippen molar-refractivity contribution in [3.8, 4) is 0 Å². The first-order valence-corrected chi connectivity index (χ1v) is 6.13. The molecule has 1 aliphatic rings. The standard InChI is InChI=1S/C13H18N4O2/c1-13(2)12(19)16(3)6-7-17(13)11(18)10-5-4-9(14)8-15-10/h4-5,8H,6-7,14H2,1-3H3. The van der Waals surface area contributed by atoms with E-state index in [0.29, 0.717) is 24.5 Å². The molecule has 0 aromatic carbocycles. The van der Waals surface area contributed by atoms with Crippen LogP contribution in [-0.4, -0.2) is 52.3 Å².